The van der Waals surface area contributed by atoms with Gasteiger partial charge >= 0.3 is 0 Å². The highest BCUT2D eigenvalue weighted by Gasteiger charge is 2.08. The summed E-state index contributed by atoms with van der Waals surface area (Å²) in [5, 5.41) is 8.77. The van der Waals surface area contributed by atoms with E-state index in [4.69, 9.17) is 0 Å². The zero-order chi connectivity index (χ0) is 19.9. The van der Waals surface area contributed by atoms with Crippen LogP contribution in [0.25, 0.3) is 0 Å². The van der Waals surface area contributed by atoms with Gasteiger partial charge in [0.25, 0.3) is 5.91 Å². The summed E-state index contributed by atoms with van der Waals surface area (Å²) in [6.45, 7) is 4.11. The van der Waals surface area contributed by atoms with Gasteiger partial charge < -0.3 is 16.0 Å². The van der Waals surface area contributed by atoms with Crippen LogP contribution in [0.15, 0.2) is 66.9 Å². The topological polar surface area (TPSA) is 83.1 Å². The van der Waals surface area contributed by atoms with Gasteiger partial charge in [-0.1, -0.05) is 35.9 Å². The van der Waals surface area contributed by atoms with E-state index in [2.05, 4.69) is 27.0 Å². The van der Waals surface area contributed by atoms with Crippen molar-refractivity contribution in [3.05, 3.63) is 83.6 Å². The first kappa shape index (κ1) is 19.1. The number of amides is 2. The molecule has 0 saturated carbocycles. The number of benzene rings is 2. The van der Waals surface area contributed by atoms with Crippen LogP contribution in [0.1, 0.15) is 28.4 Å². The molecule has 0 aliphatic rings. The molecule has 28 heavy (non-hydrogen) atoms. The third-order valence-electron chi connectivity index (χ3n) is 4.02. The molecular weight excluding hydrogens is 352 g/mol. The predicted molar refractivity (Wildman–Crippen MR) is 111 cm³/mol. The van der Waals surface area contributed by atoms with Crippen molar-refractivity contribution in [1.82, 2.24) is 4.98 Å². The van der Waals surface area contributed by atoms with E-state index in [1.807, 2.05) is 25.1 Å². The molecule has 1 aromatic heterocycles. The molecule has 0 bridgehead atoms. The van der Waals surface area contributed by atoms with E-state index in [1.165, 1.54) is 12.5 Å². The Bertz CT molecular complexity index is 1000. The highest BCUT2D eigenvalue weighted by molar-refractivity contribution is 6.05. The van der Waals surface area contributed by atoms with Crippen molar-refractivity contribution in [2.45, 2.75) is 20.4 Å². The summed E-state index contributed by atoms with van der Waals surface area (Å²) in [6.07, 6.45) is 1.60. The number of hydrogen-bond donors (Lipinski definition) is 3. The third-order valence-corrected chi connectivity index (χ3v) is 4.02. The van der Waals surface area contributed by atoms with E-state index in [0.29, 0.717) is 29.3 Å². The lowest BCUT2D eigenvalue weighted by molar-refractivity contribution is -0.114. The number of aryl methyl sites for hydroxylation is 1. The van der Waals surface area contributed by atoms with Crippen molar-refractivity contribution in [1.29, 1.82) is 0 Å². The average Bonchev–Trinajstić information content (AvgIpc) is 2.66. The lowest BCUT2D eigenvalue weighted by Crippen LogP contribution is -2.13. The highest BCUT2D eigenvalue weighted by Crippen LogP contribution is 2.17. The van der Waals surface area contributed by atoms with Crippen LogP contribution in [0.4, 0.5) is 17.2 Å². The minimum absolute atomic E-state index is 0.165. The molecule has 2 amide bonds. The number of nitrogens with zero attached hydrogens (tertiary/aromatic N) is 1. The van der Waals surface area contributed by atoms with Crippen molar-refractivity contribution in [3.8, 4) is 0 Å². The van der Waals surface area contributed by atoms with Crippen molar-refractivity contribution in [2.24, 2.45) is 0 Å². The Labute approximate surface area is 164 Å². The van der Waals surface area contributed by atoms with Crippen LogP contribution in [-0.4, -0.2) is 16.8 Å². The van der Waals surface area contributed by atoms with E-state index >= 15 is 0 Å². The van der Waals surface area contributed by atoms with Gasteiger partial charge in [0, 0.05) is 36.6 Å². The summed E-state index contributed by atoms with van der Waals surface area (Å²) >= 11 is 0. The molecule has 0 aliphatic carbocycles. The van der Waals surface area contributed by atoms with Crippen LogP contribution in [0.5, 0.6) is 0 Å². The van der Waals surface area contributed by atoms with Gasteiger partial charge in [0.2, 0.25) is 5.91 Å². The van der Waals surface area contributed by atoms with Crippen LogP contribution in [0.2, 0.25) is 0 Å². The maximum absolute atomic E-state index is 12.6. The second-order valence-electron chi connectivity index (χ2n) is 6.49. The van der Waals surface area contributed by atoms with Gasteiger partial charge in [-0.2, -0.15) is 0 Å². The van der Waals surface area contributed by atoms with Gasteiger partial charge in [-0.15, -0.1) is 0 Å². The summed E-state index contributed by atoms with van der Waals surface area (Å²) in [4.78, 5) is 28.0. The minimum atomic E-state index is -0.249. The van der Waals surface area contributed by atoms with Crippen LogP contribution < -0.4 is 16.0 Å². The molecule has 0 radical (unpaired) electrons. The van der Waals surface area contributed by atoms with Gasteiger partial charge in [-0.05, 0) is 42.8 Å². The molecule has 142 valence electrons. The van der Waals surface area contributed by atoms with Crippen LogP contribution in [-0.2, 0) is 11.3 Å². The monoisotopic (exact) mass is 374 g/mol. The fourth-order valence-electron chi connectivity index (χ4n) is 2.76. The zero-order valence-electron chi connectivity index (χ0n) is 15.8. The summed E-state index contributed by atoms with van der Waals surface area (Å²) in [7, 11) is 0. The lowest BCUT2D eigenvalue weighted by Gasteiger charge is -2.10. The van der Waals surface area contributed by atoms with Crippen molar-refractivity contribution >= 4 is 29.0 Å². The number of nitrogens with one attached hydrogen (secondary N) is 3. The first-order valence-corrected chi connectivity index (χ1v) is 8.94. The standard InChI is InChI=1S/C22H22N4O2/c1-15-5-3-6-17(11-15)14-24-21-12-18(9-10-23-21)22(28)26-20-8-4-7-19(13-20)25-16(2)27/h3-13H,14H2,1-2H3,(H,23,24)(H,25,27)(H,26,28). The number of carbonyl (C=O) groups excluding carboxylic acids is 2. The Morgan fingerprint density at radius 3 is 2.43 bits per heavy atom. The molecule has 3 N–H and O–H groups in total. The Morgan fingerprint density at radius 1 is 0.929 bits per heavy atom. The maximum Gasteiger partial charge on any atom is 0.255 e. The van der Waals surface area contributed by atoms with E-state index in [1.54, 1.807) is 42.6 Å². The third kappa shape index (κ3) is 5.41. The molecule has 1 heterocycles. The number of rotatable bonds is 6. The van der Waals surface area contributed by atoms with Gasteiger partial charge in [0.15, 0.2) is 0 Å². The molecule has 6 heteroatoms. The van der Waals surface area contributed by atoms with Crippen LogP contribution in [0, 0.1) is 6.92 Å². The van der Waals surface area contributed by atoms with Crippen LogP contribution >= 0.6 is 0 Å². The molecule has 0 saturated heterocycles. The molecule has 6 nitrogen and oxygen atoms in total. The SMILES string of the molecule is CC(=O)Nc1cccc(NC(=O)c2ccnc(NCc3cccc(C)c3)c2)c1. The molecule has 2 aromatic carbocycles. The smallest absolute Gasteiger partial charge is 0.255 e. The van der Waals surface area contributed by atoms with E-state index in [9.17, 15) is 9.59 Å². The van der Waals surface area contributed by atoms with Crippen molar-refractivity contribution in [2.75, 3.05) is 16.0 Å². The highest BCUT2D eigenvalue weighted by atomic mass is 16.2. The van der Waals surface area contributed by atoms with Crippen molar-refractivity contribution in [3.63, 3.8) is 0 Å². The summed E-state index contributed by atoms with van der Waals surface area (Å²) in [5.74, 6) is 0.212. The van der Waals surface area contributed by atoms with Gasteiger partial charge in [0.05, 0.1) is 0 Å². The van der Waals surface area contributed by atoms with Crippen molar-refractivity contribution < 1.29 is 9.59 Å². The minimum Gasteiger partial charge on any atom is -0.366 e. The molecule has 0 spiro atoms. The molecule has 0 aliphatic heterocycles. The summed E-state index contributed by atoms with van der Waals surface area (Å²) in [6, 6.07) is 18.6. The Balaban J connectivity index is 1.66. The van der Waals surface area contributed by atoms with Gasteiger partial charge in [0.1, 0.15) is 5.82 Å². The summed E-state index contributed by atoms with van der Waals surface area (Å²) < 4.78 is 0. The normalized spacial score (nSPS) is 10.2. The van der Waals surface area contributed by atoms with E-state index in [-0.39, 0.29) is 11.8 Å². The zero-order valence-corrected chi connectivity index (χ0v) is 15.8. The second-order valence-corrected chi connectivity index (χ2v) is 6.49. The number of aromatic nitrogens is 1. The fourth-order valence-corrected chi connectivity index (χ4v) is 2.76. The molecule has 3 rings (SSSR count). The Morgan fingerprint density at radius 2 is 1.68 bits per heavy atom. The lowest BCUT2D eigenvalue weighted by atomic mass is 10.1. The molecule has 0 unspecified atom stereocenters. The quantitative estimate of drug-likeness (QED) is 0.603. The Kier molecular flexibility index (Phi) is 6.01. The average molecular weight is 374 g/mol. The second kappa shape index (κ2) is 8.81. The first-order valence-electron chi connectivity index (χ1n) is 8.94. The molecule has 3 aromatic rings. The largest absolute Gasteiger partial charge is 0.366 e. The number of pyridine rings is 1. The van der Waals surface area contributed by atoms with E-state index < -0.39 is 0 Å². The summed E-state index contributed by atoms with van der Waals surface area (Å²) in [5.41, 5.74) is 4.06. The maximum atomic E-state index is 12.6. The number of hydrogen-bond acceptors (Lipinski definition) is 4. The van der Waals surface area contributed by atoms with Gasteiger partial charge in [-0.3, -0.25) is 9.59 Å². The van der Waals surface area contributed by atoms with Crippen LogP contribution in [0.3, 0.4) is 0 Å². The first-order chi connectivity index (χ1) is 13.5. The molecule has 0 fully saturated rings. The van der Waals surface area contributed by atoms with E-state index in [0.717, 1.165) is 5.56 Å². The predicted octanol–water partition coefficient (Wildman–Crippen LogP) is 4.21. The van der Waals surface area contributed by atoms with Gasteiger partial charge in [-0.25, -0.2) is 4.98 Å². The number of carbonyl (C=O) groups is 2. The Hall–Kier alpha value is -3.67. The molecule has 0 atom stereocenters. The fraction of sp³-hybridized carbons (Fsp3) is 0.136. The number of anilines is 3. The molecular formula is C22H22N4O2.